The number of carbonyl (C=O) groups is 3. The molecule has 1 aliphatic rings. The maximum atomic E-state index is 13.1. The number of anilines is 1. The van der Waals surface area contributed by atoms with Crippen LogP contribution in [0.1, 0.15) is 49.3 Å². The molecule has 0 saturated heterocycles. The molecule has 0 aromatic heterocycles. The van der Waals surface area contributed by atoms with Crippen LogP contribution < -0.4 is 10.6 Å². The van der Waals surface area contributed by atoms with E-state index in [1.54, 1.807) is 18.2 Å². The van der Waals surface area contributed by atoms with Crippen LogP contribution in [0.3, 0.4) is 0 Å². The number of hydrogen-bond donors (Lipinski definition) is 2. The van der Waals surface area contributed by atoms with Gasteiger partial charge in [0.2, 0.25) is 12.0 Å². The third kappa shape index (κ3) is 6.96. The standard InChI is InChI=1S/C24H24ClF3N2O4/c25-18-12-11-17(24(26,27)28)13-19(18)30-23(33)21(15-7-3-1-4-8-15)34-20(31)14-29-22(32)16-9-5-2-6-10-16/h1,3-4,7-8,11-13,16,21H,2,5-6,9-10,14H2,(H,29,32)(H,30,33)/t21-/m0/s1. The molecule has 0 bridgehead atoms. The normalized spacial score (nSPS) is 15.3. The fraction of sp³-hybridized carbons (Fsp3) is 0.375. The molecule has 34 heavy (non-hydrogen) atoms. The van der Waals surface area contributed by atoms with Crippen LogP contribution in [0.4, 0.5) is 18.9 Å². The number of rotatable bonds is 7. The van der Waals surface area contributed by atoms with E-state index in [1.807, 2.05) is 0 Å². The quantitative estimate of drug-likeness (QED) is 0.511. The van der Waals surface area contributed by atoms with E-state index >= 15 is 0 Å². The van der Waals surface area contributed by atoms with Crippen LogP contribution >= 0.6 is 11.6 Å². The van der Waals surface area contributed by atoms with Gasteiger partial charge in [-0.1, -0.05) is 61.2 Å². The first kappa shape index (κ1) is 25.6. The molecule has 2 N–H and O–H groups in total. The van der Waals surface area contributed by atoms with Crippen LogP contribution in [0.5, 0.6) is 0 Å². The highest BCUT2D eigenvalue weighted by Gasteiger charge is 2.32. The van der Waals surface area contributed by atoms with Gasteiger partial charge in [0.1, 0.15) is 6.54 Å². The first-order valence-electron chi connectivity index (χ1n) is 10.8. The van der Waals surface area contributed by atoms with Gasteiger partial charge in [0, 0.05) is 11.5 Å². The van der Waals surface area contributed by atoms with Crippen molar-refractivity contribution in [2.45, 2.75) is 44.4 Å². The summed E-state index contributed by atoms with van der Waals surface area (Å²) in [7, 11) is 0. The van der Waals surface area contributed by atoms with Crippen molar-refractivity contribution < 1.29 is 32.3 Å². The van der Waals surface area contributed by atoms with E-state index in [0.717, 1.165) is 44.2 Å². The summed E-state index contributed by atoms with van der Waals surface area (Å²) in [6.45, 7) is -0.434. The van der Waals surface area contributed by atoms with E-state index < -0.39 is 36.3 Å². The first-order chi connectivity index (χ1) is 16.1. The minimum Gasteiger partial charge on any atom is -0.446 e. The number of hydrogen-bond acceptors (Lipinski definition) is 4. The van der Waals surface area contributed by atoms with Crippen molar-refractivity contribution in [1.29, 1.82) is 0 Å². The molecule has 0 heterocycles. The van der Waals surface area contributed by atoms with Gasteiger partial charge in [-0.15, -0.1) is 0 Å². The molecule has 2 aromatic rings. The van der Waals surface area contributed by atoms with E-state index in [1.165, 1.54) is 12.1 Å². The summed E-state index contributed by atoms with van der Waals surface area (Å²) >= 11 is 5.97. The largest absolute Gasteiger partial charge is 0.446 e. The Morgan fingerprint density at radius 1 is 1.03 bits per heavy atom. The second-order valence-electron chi connectivity index (χ2n) is 8.01. The van der Waals surface area contributed by atoms with E-state index in [-0.39, 0.29) is 22.5 Å². The lowest BCUT2D eigenvalue weighted by Gasteiger charge is -2.21. The predicted octanol–water partition coefficient (Wildman–Crippen LogP) is 5.28. The van der Waals surface area contributed by atoms with Crippen LogP contribution in [0.25, 0.3) is 0 Å². The summed E-state index contributed by atoms with van der Waals surface area (Å²) in [4.78, 5) is 37.6. The van der Waals surface area contributed by atoms with Crippen molar-refractivity contribution in [3.63, 3.8) is 0 Å². The van der Waals surface area contributed by atoms with Gasteiger partial charge in [0.15, 0.2) is 0 Å². The molecule has 6 nitrogen and oxygen atoms in total. The first-order valence-corrected chi connectivity index (χ1v) is 11.2. The number of alkyl halides is 3. The second kappa shape index (κ2) is 11.4. The Hall–Kier alpha value is -3.07. The fourth-order valence-electron chi connectivity index (χ4n) is 3.74. The zero-order chi connectivity index (χ0) is 24.7. The molecule has 182 valence electrons. The minimum atomic E-state index is -4.63. The molecule has 10 heteroatoms. The molecule has 2 aromatic carbocycles. The summed E-state index contributed by atoms with van der Waals surface area (Å²) in [5.41, 5.74) is -0.968. The maximum Gasteiger partial charge on any atom is 0.416 e. The van der Waals surface area contributed by atoms with Crippen molar-refractivity contribution in [1.82, 2.24) is 5.32 Å². The van der Waals surface area contributed by atoms with E-state index in [9.17, 15) is 27.6 Å². The van der Waals surface area contributed by atoms with Gasteiger partial charge in [0.25, 0.3) is 5.91 Å². The van der Waals surface area contributed by atoms with Crippen LogP contribution in [0.15, 0.2) is 48.5 Å². The minimum absolute atomic E-state index is 0.112. The van der Waals surface area contributed by atoms with Gasteiger partial charge in [-0.05, 0) is 31.0 Å². The monoisotopic (exact) mass is 496 g/mol. The number of halogens is 4. The third-order valence-corrected chi connectivity index (χ3v) is 5.85. The van der Waals surface area contributed by atoms with E-state index in [4.69, 9.17) is 16.3 Å². The Morgan fingerprint density at radius 2 is 1.71 bits per heavy atom. The third-order valence-electron chi connectivity index (χ3n) is 5.52. The van der Waals surface area contributed by atoms with E-state index in [0.29, 0.717) is 11.6 Å². The van der Waals surface area contributed by atoms with Crippen molar-refractivity contribution in [2.24, 2.45) is 5.92 Å². The molecular weight excluding hydrogens is 473 g/mol. The predicted molar refractivity (Wildman–Crippen MR) is 120 cm³/mol. The molecule has 3 rings (SSSR count). The molecule has 2 amide bonds. The topological polar surface area (TPSA) is 84.5 Å². The average molecular weight is 497 g/mol. The van der Waals surface area contributed by atoms with Crippen molar-refractivity contribution in [3.8, 4) is 0 Å². The number of amides is 2. The van der Waals surface area contributed by atoms with Crippen LogP contribution in [0.2, 0.25) is 5.02 Å². The average Bonchev–Trinajstić information content (AvgIpc) is 2.82. The van der Waals surface area contributed by atoms with Gasteiger partial charge in [-0.3, -0.25) is 14.4 Å². The molecular formula is C24H24ClF3N2O4. The SMILES string of the molecule is O=C(CNC(=O)C1CCCCC1)O[C@H](C(=O)Nc1cc(C(F)(F)F)ccc1Cl)c1ccccc1. The number of carbonyl (C=O) groups excluding carboxylic acids is 3. The maximum absolute atomic E-state index is 13.1. The highest BCUT2D eigenvalue weighted by molar-refractivity contribution is 6.33. The van der Waals surface area contributed by atoms with Crippen molar-refractivity contribution >= 4 is 35.1 Å². The lowest BCUT2D eigenvalue weighted by Crippen LogP contribution is -2.37. The van der Waals surface area contributed by atoms with Gasteiger partial charge in [-0.25, -0.2) is 0 Å². The number of benzene rings is 2. The highest BCUT2D eigenvalue weighted by Crippen LogP contribution is 2.34. The fourth-order valence-corrected chi connectivity index (χ4v) is 3.90. The molecule has 0 unspecified atom stereocenters. The zero-order valence-electron chi connectivity index (χ0n) is 18.2. The Labute approximate surface area is 199 Å². The Balaban J connectivity index is 1.71. The van der Waals surface area contributed by atoms with Gasteiger partial charge in [0.05, 0.1) is 16.3 Å². The summed E-state index contributed by atoms with van der Waals surface area (Å²) in [5, 5.41) is 4.74. The molecule has 1 aliphatic carbocycles. The van der Waals surface area contributed by atoms with E-state index in [2.05, 4.69) is 10.6 Å². The molecule has 1 atom stereocenters. The molecule has 0 aliphatic heterocycles. The van der Waals surface area contributed by atoms with Crippen LogP contribution in [-0.4, -0.2) is 24.3 Å². The Kier molecular flexibility index (Phi) is 8.55. The molecule has 0 spiro atoms. The summed E-state index contributed by atoms with van der Waals surface area (Å²) < 4.78 is 44.5. The second-order valence-corrected chi connectivity index (χ2v) is 8.42. The smallest absolute Gasteiger partial charge is 0.416 e. The van der Waals surface area contributed by atoms with Crippen LogP contribution in [-0.2, 0) is 25.3 Å². The molecule has 1 fully saturated rings. The lowest BCUT2D eigenvalue weighted by molar-refractivity contribution is -0.154. The molecule has 1 saturated carbocycles. The summed E-state index contributed by atoms with van der Waals surface area (Å²) in [5.74, 6) is -2.14. The number of ether oxygens (including phenoxy) is 1. The van der Waals surface area contributed by atoms with Gasteiger partial charge < -0.3 is 15.4 Å². The molecule has 0 radical (unpaired) electrons. The number of esters is 1. The Bertz CT molecular complexity index is 1020. The van der Waals surface area contributed by atoms with Crippen LogP contribution in [0, 0.1) is 5.92 Å². The zero-order valence-corrected chi connectivity index (χ0v) is 18.9. The van der Waals surface area contributed by atoms with Gasteiger partial charge in [-0.2, -0.15) is 13.2 Å². The highest BCUT2D eigenvalue weighted by atomic mass is 35.5. The van der Waals surface area contributed by atoms with Crippen molar-refractivity contribution in [2.75, 3.05) is 11.9 Å². The van der Waals surface area contributed by atoms with Crippen molar-refractivity contribution in [3.05, 3.63) is 64.7 Å². The number of nitrogens with one attached hydrogen (secondary N) is 2. The van der Waals surface area contributed by atoms with Gasteiger partial charge >= 0.3 is 12.1 Å². The Morgan fingerprint density at radius 3 is 2.35 bits per heavy atom. The summed E-state index contributed by atoms with van der Waals surface area (Å²) in [6.07, 6.45) is -1.60. The summed E-state index contributed by atoms with van der Waals surface area (Å²) in [6, 6.07) is 10.5. The lowest BCUT2D eigenvalue weighted by atomic mass is 9.89.